The normalized spacial score (nSPS) is 13.7. The monoisotopic (exact) mass is 631 g/mol. The molecule has 1 amide bonds. The maximum atomic E-state index is 14.4. The van der Waals surface area contributed by atoms with E-state index in [0.717, 1.165) is 61.5 Å². The van der Waals surface area contributed by atoms with Crippen LogP contribution in [0.1, 0.15) is 64.5 Å². The molecule has 47 heavy (non-hydrogen) atoms. The predicted octanol–water partition coefficient (Wildman–Crippen LogP) is 7.99. The van der Waals surface area contributed by atoms with Crippen molar-refractivity contribution in [1.29, 1.82) is 0 Å². The van der Waals surface area contributed by atoms with Crippen LogP contribution in [0.25, 0.3) is 5.57 Å². The third-order valence-electron chi connectivity index (χ3n) is 9.01. The van der Waals surface area contributed by atoms with Gasteiger partial charge >= 0.3 is 0 Å². The molecule has 6 heteroatoms. The van der Waals surface area contributed by atoms with Crippen molar-refractivity contribution in [3.8, 4) is 11.5 Å². The van der Waals surface area contributed by atoms with E-state index in [4.69, 9.17) is 9.47 Å². The van der Waals surface area contributed by atoms with E-state index >= 15 is 0 Å². The standard InChI is InChI=1S/C41H49N3O3/c1-6-42-20-22-43(23-21-42)27-35-19-18-32(5)36(24-35)28-44(7-2)41(45)38-25-37(31(3)4)39(46-29-33-14-10-8-11-15-33)26-40(38)47-30-34-16-12-9-13-17-34/h8-19,24-26H,3,6-7,20-23,27-30H2,1-2,4-5H3. The molecule has 1 heterocycles. The number of carbonyl (C=O) groups is 1. The van der Waals surface area contributed by atoms with Crippen LogP contribution in [0.3, 0.4) is 0 Å². The Kier molecular flexibility index (Phi) is 11.9. The maximum Gasteiger partial charge on any atom is 0.257 e. The number of rotatable bonds is 14. The zero-order valence-corrected chi connectivity index (χ0v) is 28.5. The summed E-state index contributed by atoms with van der Waals surface area (Å²) in [6.07, 6.45) is 0. The quantitative estimate of drug-likeness (QED) is 0.141. The number of piperazine rings is 1. The fraction of sp³-hybridized carbons (Fsp3) is 0.341. The number of allylic oxidation sites excluding steroid dienone is 1. The first-order valence-electron chi connectivity index (χ1n) is 16.8. The summed E-state index contributed by atoms with van der Waals surface area (Å²) in [4.78, 5) is 21.3. The number of likely N-dealkylation sites (N-methyl/N-ethyl adjacent to an activating group) is 1. The molecule has 0 radical (unpaired) electrons. The SMILES string of the molecule is C=C(C)c1cc(C(=O)N(CC)Cc2cc(CN3CCN(CC)CC3)ccc2C)c(OCc2ccccc2)cc1OCc1ccccc1. The van der Waals surface area contributed by atoms with Gasteiger partial charge in [-0.25, -0.2) is 0 Å². The first-order chi connectivity index (χ1) is 22.8. The molecular formula is C41H49N3O3. The number of carbonyl (C=O) groups excluding carboxylic acids is 1. The van der Waals surface area contributed by atoms with E-state index in [-0.39, 0.29) is 5.91 Å². The van der Waals surface area contributed by atoms with Gasteiger partial charge in [0.1, 0.15) is 24.7 Å². The molecule has 0 atom stereocenters. The average Bonchev–Trinajstić information content (AvgIpc) is 3.10. The fourth-order valence-corrected chi connectivity index (χ4v) is 5.99. The third-order valence-corrected chi connectivity index (χ3v) is 9.01. The predicted molar refractivity (Wildman–Crippen MR) is 192 cm³/mol. The summed E-state index contributed by atoms with van der Waals surface area (Å²) in [5.41, 5.74) is 7.86. The van der Waals surface area contributed by atoms with Crippen molar-refractivity contribution in [3.63, 3.8) is 0 Å². The van der Waals surface area contributed by atoms with Gasteiger partial charge in [-0.05, 0) is 66.8 Å². The molecule has 1 aliphatic heterocycles. The molecule has 0 spiro atoms. The van der Waals surface area contributed by atoms with Gasteiger partial charge in [-0.3, -0.25) is 9.69 Å². The van der Waals surface area contributed by atoms with E-state index in [2.05, 4.69) is 48.4 Å². The van der Waals surface area contributed by atoms with Crippen molar-refractivity contribution in [1.82, 2.24) is 14.7 Å². The Hall–Kier alpha value is -4.39. The minimum Gasteiger partial charge on any atom is -0.488 e. The number of ether oxygens (including phenoxy) is 2. The van der Waals surface area contributed by atoms with E-state index in [0.29, 0.717) is 43.4 Å². The van der Waals surface area contributed by atoms with Crippen molar-refractivity contribution < 1.29 is 14.3 Å². The molecule has 0 unspecified atom stereocenters. The van der Waals surface area contributed by atoms with Crippen LogP contribution < -0.4 is 9.47 Å². The minimum absolute atomic E-state index is 0.0758. The van der Waals surface area contributed by atoms with Crippen LogP contribution >= 0.6 is 0 Å². The molecular weight excluding hydrogens is 582 g/mol. The van der Waals surface area contributed by atoms with E-state index in [1.54, 1.807) is 0 Å². The van der Waals surface area contributed by atoms with Gasteiger partial charge in [-0.2, -0.15) is 0 Å². The largest absolute Gasteiger partial charge is 0.488 e. The van der Waals surface area contributed by atoms with Crippen molar-refractivity contribution in [2.75, 3.05) is 39.3 Å². The zero-order valence-electron chi connectivity index (χ0n) is 28.5. The first kappa shape index (κ1) is 34.0. The van der Waals surface area contributed by atoms with Crippen LogP contribution in [0.4, 0.5) is 0 Å². The van der Waals surface area contributed by atoms with Gasteiger partial charge in [0, 0.05) is 57.4 Å². The number of aryl methyl sites for hydroxylation is 1. The zero-order chi connectivity index (χ0) is 33.2. The lowest BCUT2D eigenvalue weighted by Crippen LogP contribution is -2.45. The lowest BCUT2D eigenvalue weighted by molar-refractivity contribution is 0.0747. The molecule has 246 valence electrons. The van der Waals surface area contributed by atoms with Crippen LogP contribution in [0, 0.1) is 6.92 Å². The molecule has 0 aliphatic carbocycles. The number of amides is 1. The molecule has 1 saturated heterocycles. The van der Waals surface area contributed by atoms with Crippen molar-refractivity contribution in [3.05, 3.63) is 137 Å². The second kappa shape index (κ2) is 16.4. The second-order valence-corrected chi connectivity index (χ2v) is 12.5. The number of nitrogens with zero attached hydrogens (tertiary/aromatic N) is 3. The summed E-state index contributed by atoms with van der Waals surface area (Å²) in [6, 6.07) is 30.5. The Labute approximate surface area is 281 Å². The summed E-state index contributed by atoms with van der Waals surface area (Å²) in [6.45, 7) is 20.8. The van der Waals surface area contributed by atoms with Crippen molar-refractivity contribution >= 4 is 11.5 Å². The Balaban J connectivity index is 1.41. The van der Waals surface area contributed by atoms with E-state index in [9.17, 15) is 4.79 Å². The molecule has 1 fully saturated rings. The molecule has 4 aromatic carbocycles. The Morgan fingerprint density at radius 3 is 1.87 bits per heavy atom. The molecule has 0 N–H and O–H groups in total. The summed E-state index contributed by atoms with van der Waals surface area (Å²) >= 11 is 0. The molecule has 0 aromatic heterocycles. The van der Waals surface area contributed by atoms with Gasteiger partial charge < -0.3 is 19.3 Å². The summed E-state index contributed by atoms with van der Waals surface area (Å²) in [5, 5.41) is 0. The van der Waals surface area contributed by atoms with Gasteiger partial charge in [0.15, 0.2) is 0 Å². The third kappa shape index (κ3) is 9.12. The highest BCUT2D eigenvalue weighted by Gasteiger charge is 2.24. The van der Waals surface area contributed by atoms with E-state index < -0.39 is 0 Å². The lowest BCUT2D eigenvalue weighted by Gasteiger charge is -2.34. The summed E-state index contributed by atoms with van der Waals surface area (Å²) in [5.74, 6) is 1.07. The fourth-order valence-electron chi connectivity index (χ4n) is 5.99. The van der Waals surface area contributed by atoms with E-state index in [1.807, 2.05) is 91.5 Å². The number of hydrogen-bond acceptors (Lipinski definition) is 5. The van der Waals surface area contributed by atoms with Crippen LogP contribution in [0.5, 0.6) is 11.5 Å². The second-order valence-electron chi connectivity index (χ2n) is 12.5. The van der Waals surface area contributed by atoms with Crippen LogP contribution in [0.2, 0.25) is 0 Å². The van der Waals surface area contributed by atoms with Gasteiger partial charge in [0.25, 0.3) is 5.91 Å². The van der Waals surface area contributed by atoms with Gasteiger partial charge in [-0.1, -0.05) is 92.4 Å². The molecule has 5 rings (SSSR count). The highest BCUT2D eigenvalue weighted by molar-refractivity contribution is 5.98. The van der Waals surface area contributed by atoms with Crippen molar-refractivity contribution in [2.24, 2.45) is 0 Å². The smallest absolute Gasteiger partial charge is 0.257 e. The Morgan fingerprint density at radius 2 is 1.32 bits per heavy atom. The Morgan fingerprint density at radius 1 is 0.745 bits per heavy atom. The Bertz CT molecular complexity index is 1630. The van der Waals surface area contributed by atoms with Crippen LogP contribution in [-0.2, 0) is 26.3 Å². The maximum absolute atomic E-state index is 14.4. The average molecular weight is 632 g/mol. The summed E-state index contributed by atoms with van der Waals surface area (Å²) < 4.78 is 12.7. The highest BCUT2D eigenvalue weighted by atomic mass is 16.5. The topological polar surface area (TPSA) is 45.3 Å². The molecule has 4 aromatic rings. The first-order valence-corrected chi connectivity index (χ1v) is 16.8. The number of benzene rings is 4. The van der Waals surface area contributed by atoms with Gasteiger partial charge in [-0.15, -0.1) is 0 Å². The van der Waals surface area contributed by atoms with Crippen LogP contribution in [0.15, 0.2) is 97.6 Å². The minimum atomic E-state index is -0.0758. The molecule has 1 aliphatic rings. The molecule has 0 bridgehead atoms. The lowest BCUT2D eigenvalue weighted by atomic mass is 10.0. The van der Waals surface area contributed by atoms with Crippen molar-refractivity contribution in [2.45, 2.75) is 54.0 Å². The van der Waals surface area contributed by atoms with Gasteiger partial charge in [0.2, 0.25) is 0 Å². The molecule has 0 saturated carbocycles. The van der Waals surface area contributed by atoms with Gasteiger partial charge in [0.05, 0.1) is 5.56 Å². The summed E-state index contributed by atoms with van der Waals surface area (Å²) in [7, 11) is 0. The molecule has 6 nitrogen and oxygen atoms in total. The highest BCUT2D eigenvalue weighted by Crippen LogP contribution is 2.35. The van der Waals surface area contributed by atoms with E-state index in [1.165, 1.54) is 16.7 Å². The van der Waals surface area contributed by atoms with Crippen LogP contribution in [-0.4, -0.2) is 59.9 Å². The number of hydrogen-bond donors (Lipinski definition) is 0.